The molecule has 1 aromatic rings. The Labute approximate surface area is 120 Å². The smallest absolute Gasteiger partial charge is 0.242 e. The van der Waals surface area contributed by atoms with Crippen molar-refractivity contribution in [1.82, 2.24) is 15.0 Å². The monoisotopic (exact) mass is 297 g/mol. The van der Waals surface area contributed by atoms with Crippen LogP contribution in [0.4, 0.5) is 0 Å². The van der Waals surface area contributed by atoms with E-state index in [1.807, 2.05) is 13.8 Å². The highest BCUT2D eigenvalue weighted by Crippen LogP contribution is 2.39. The lowest BCUT2D eigenvalue weighted by atomic mass is 10.0. The lowest BCUT2D eigenvalue weighted by Gasteiger charge is -2.25. The molecule has 0 aromatic carbocycles. The molecule has 0 amide bonds. The van der Waals surface area contributed by atoms with Crippen molar-refractivity contribution in [3.63, 3.8) is 0 Å². The minimum Gasteiger partial charge on any atom is -0.363 e. The second-order valence-electron chi connectivity index (χ2n) is 6.62. The minimum atomic E-state index is -3.43. The largest absolute Gasteiger partial charge is 0.363 e. The number of aromatic nitrogens is 1. The molecule has 6 heteroatoms. The topological polar surface area (TPSA) is 74.0 Å². The molecule has 2 saturated carbocycles. The van der Waals surface area contributed by atoms with Crippen LogP contribution in [0.3, 0.4) is 0 Å². The van der Waals surface area contributed by atoms with Gasteiger partial charge < -0.3 is 10.3 Å². The molecule has 0 bridgehead atoms. The van der Waals surface area contributed by atoms with Gasteiger partial charge in [-0.3, -0.25) is 0 Å². The second-order valence-corrected chi connectivity index (χ2v) is 8.30. The fourth-order valence-electron chi connectivity index (χ4n) is 2.51. The van der Waals surface area contributed by atoms with Gasteiger partial charge >= 0.3 is 0 Å². The number of sulfonamides is 1. The molecule has 112 valence electrons. The summed E-state index contributed by atoms with van der Waals surface area (Å²) in [5, 5.41) is 3.37. The first-order valence-electron chi connectivity index (χ1n) is 7.31. The van der Waals surface area contributed by atoms with Gasteiger partial charge in [0.25, 0.3) is 0 Å². The van der Waals surface area contributed by atoms with Crippen molar-refractivity contribution in [3.05, 3.63) is 18.0 Å². The molecular formula is C14H23N3O2S. The lowest BCUT2D eigenvalue weighted by molar-refractivity contribution is 0.400. The van der Waals surface area contributed by atoms with Gasteiger partial charge in [-0.15, -0.1) is 0 Å². The quantitative estimate of drug-likeness (QED) is 0.717. The maximum atomic E-state index is 12.4. The molecule has 5 nitrogen and oxygen atoms in total. The van der Waals surface area contributed by atoms with Crippen molar-refractivity contribution >= 4 is 10.0 Å². The Morgan fingerprint density at radius 1 is 1.30 bits per heavy atom. The number of rotatable bonds is 7. The van der Waals surface area contributed by atoms with Gasteiger partial charge in [-0.05, 0) is 51.5 Å². The Bertz CT molecular complexity index is 583. The van der Waals surface area contributed by atoms with E-state index in [9.17, 15) is 8.42 Å². The Kier molecular flexibility index (Phi) is 3.43. The highest BCUT2D eigenvalue weighted by atomic mass is 32.2. The maximum absolute atomic E-state index is 12.4. The highest BCUT2D eigenvalue weighted by molar-refractivity contribution is 7.89. The van der Waals surface area contributed by atoms with E-state index in [2.05, 4.69) is 15.0 Å². The van der Waals surface area contributed by atoms with Crippen LogP contribution in [0.1, 0.15) is 45.2 Å². The molecule has 20 heavy (non-hydrogen) atoms. The first-order valence-corrected chi connectivity index (χ1v) is 8.80. The third-order valence-corrected chi connectivity index (χ3v) is 5.83. The van der Waals surface area contributed by atoms with E-state index < -0.39 is 10.0 Å². The van der Waals surface area contributed by atoms with E-state index in [1.165, 1.54) is 12.8 Å². The van der Waals surface area contributed by atoms with Crippen LogP contribution >= 0.6 is 0 Å². The van der Waals surface area contributed by atoms with Crippen LogP contribution in [-0.2, 0) is 16.6 Å². The molecule has 0 radical (unpaired) electrons. The Morgan fingerprint density at radius 2 is 2.00 bits per heavy atom. The zero-order valence-corrected chi connectivity index (χ0v) is 12.9. The molecule has 0 saturated heterocycles. The molecule has 2 aliphatic rings. The fourth-order valence-corrected chi connectivity index (χ4v) is 4.00. The summed E-state index contributed by atoms with van der Waals surface area (Å²) in [6, 6.07) is 2.34. The van der Waals surface area contributed by atoms with E-state index in [1.54, 1.807) is 12.3 Å². The molecule has 3 rings (SSSR count). The van der Waals surface area contributed by atoms with E-state index in [0.29, 0.717) is 23.4 Å². The van der Waals surface area contributed by atoms with E-state index in [4.69, 9.17) is 0 Å². The average Bonchev–Trinajstić information content (AvgIpc) is 3.23. The standard InChI is InChI=1S/C14H23N3O2S/c1-14(2,10-3-4-10)17-20(18,19)13-7-12(16-9-13)8-15-11-5-6-11/h7,9-11,15-17H,3-6,8H2,1-2H3. The molecule has 0 spiro atoms. The first-order chi connectivity index (χ1) is 9.37. The summed E-state index contributed by atoms with van der Waals surface area (Å²) in [7, 11) is -3.43. The van der Waals surface area contributed by atoms with Crippen LogP contribution in [0, 0.1) is 5.92 Å². The summed E-state index contributed by atoms with van der Waals surface area (Å²) in [6.07, 6.45) is 6.25. The van der Waals surface area contributed by atoms with Gasteiger partial charge in [0.15, 0.2) is 0 Å². The molecule has 3 N–H and O–H groups in total. The van der Waals surface area contributed by atoms with Gasteiger partial charge in [0.2, 0.25) is 10.0 Å². The van der Waals surface area contributed by atoms with Crippen LogP contribution in [0.25, 0.3) is 0 Å². The van der Waals surface area contributed by atoms with Gasteiger partial charge in [-0.25, -0.2) is 13.1 Å². The van der Waals surface area contributed by atoms with E-state index in [-0.39, 0.29) is 5.54 Å². The number of aromatic amines is 1. The van der Waals surface area contributed by atoms with Crippen LogP contribution in [0.15, 0.2) is 17.2 Å². The van der Waals surface area contributed by atoms with Crippen molar-refractivity contribution in [3.8, 4) is 0 Å². The van der Waals surface area contributed by atoms with Crippen LogP contribution in [0.5, 0.6) is 0 Å². The number of hydrogen-bond acceptors (Lipinski definition) is 3. The normalized spacial score (nSPS) is 20.3. The Hall–Kier alpha value is -0.850. The number of H-pyrrole nitrogens is 1. The minimum absolute atomic E-state index is 0.332. The Balaban J connectivity index is 1.66. The van der Waals surface area contributed by atoms with Crippen molar-refractivity contribution in [2.24, 2.45) is 5.92 Å². The summed E-state index contributed by atoms with van der Waals surface area (Å²) < 4.78 is 27.6. The van der Waals surface area contributed by atoms with Gasteiger partial charge in [0.1, 0.15) is 0 Å². The molecule has 0 unspecified atom stereocenters. The van der Waals surface area contributed by atoms with Gasteiger partial charge in [-0.1, -0.05) is 0 Å². The SMILES string of the molecule is CC(C)(NS(=O)(=O)c1c[nH]c(CNC2CC2)c1)C1CC1. The van der Waals surface area contributed by atoms with Crippen molar-refractivity contribution in [2.45, 2.75) is 62.6 Å². The highest BCUT2D eigenvalue weighted by Gasteiger charge is 2.40. The first kappa shape index (κ1) is 14.1. The van der Waals surface area contributed by atoms with Crippen LogP contribution in [-0.4, -0.2) is 25.0 Å². The average molecular weight is 297 g/mol. The molecule has 1 aromatic heterocycles. The number of nitrogens with one attached hydrogen (secondary N) is 3. The Morgan fingerprint density at radius 3 is 2.60 bits per heavy atom. The van der Waals surface area contributed by atoms with Gasteiger partial charge in [-0.2, -0.15) is 0 Å². The third kappa shape index (κ3) is 3.24. The third-order valence-electron chi connectivity index (χ3n) is 4.18. The maximum Gasteiger partial charge on any atom is 0.242 e. The zero-order valence-electron chi connectivity index (χ0n) is 12.1. The van der Waals surface area contributed by atoms with Crippen LogP contribution < -0.4 is 10.0 Å². The molecule has 0 aliphatic heterocycles. The predicted molar refractivity (Wildman–Crippen MR) is 77.8 cm³/mol. The van der Waals surface area contributed by atoms with Gasteiger partial charge in [0, 0.05) is 30.0 Å². The van der Waals surface area contributed by atoms with Crippen LogP contribution in [0.2, 0.25) is 0 Å². The zero-order chi connectivity index (χ0) is 14.4. The van der Waals surface area contributed by atoms with E-state index in [0.717, 1.165) is 18.5 Å². The molecule has 0 atom stereocenters. The molecular weight excluding hydrogens is 274 g/mol. The van der Waals surface area contributed by atoms with E-state index >= 15 is 0 Å². The lowest BCUT2D eigenvalue weighted by Crippen LogP contribution is -2.44. The predicted octanol–water partition coefficient (Wildman–Crippen LogP) is 1.73. The second kappa shape index (κ2) is 4.86. The summed E-state index contributed by atoms with van der Waals surface area (Å²) >= 11 is 0. The summed E-state index contributed by atoms with van der Waals surface area (Å²) in [6.45, 7) is 4.63. The van der Waals surface area contributed by atoms with Crippen molar-refractivity contribution < 1.29 is 8.42 Å². The summed E-state index contributed by atoms with van der Waals surface area (Å²) in [4.78, 5) is 3.38. The summed E-state index contributed by atoms with van der Waals surface area (Å²) in [5.41, 5.74) is 0.559. The molecule has 1 heterocycles. The molecule has 2 aliphatic carbocycles. The van der Waals surface area contributed by atoms with Crippen molar-refractivity contribution in [1.29, 1.82) is 0 Å². The van der Waals surface area contributed by atoms with Crippen molar-refractivity contribution in [2.75, 3.05) is 0 Å². The molecule has 2 fully saturated rings. The van der Waals surface area contributed by atoms with Gasteiger partial charge in [0.05, 0.1) is 4.90 Å². The number of hydrogen-bond donors (Lipinski definition) is 3. The fraction of sp³-hybridized carbons (Fsp3) is 0.714. The summed E-state index contributed by atoms with van der Waals surface area (Å²) in [5.74, 6) is 0.465.